The molecule has 178 valence electrons. The predicted octanol–water partition coefficient (Wildman–Crippen LogP) is 3.75. The van der Waals surface area contributed by atoms with Crippen LogP contribution in [0.25, 0.3) is 16.1 Å². The molecule has 2 aromatic heterocycles. The molecule has 4 rings (SSSR count). The Morgan fingerprint density at radius 1 is 1.06 bits per heavy atom. The molecule has 10 nitrogen and oxygen atoms in total. The summed E-state index contributed by atoms with van der Waals surface area (Å²) in [5.41, 5.74) is 1.92. The highest BCUT2D eigenvalue weighted by Gasteiger charge is 2.24. The summed E-state index contributed by atoms with van der Waals surface area (Å²) >= 11 is 1.23. The zero-order valence-electron chi connectivity index (χ0n) is 18.9. The smallest absolute Gasteiger partial charge is 0.341 e. The number of carbonyl (C=O) groups is 3. The highest BCUT2D eigenvalue weighted by Crippen LogP contribution is 2.36. The van der Waals surface area contributed by atoms with Crippen molar-refractivity contribution >= 4 is 34.2 Å². The Kier molecular flexibility index (Phi) is 7.27. The lowest BCUT2D eigenvalue weighted by molar-refractivity contribution is -0.123. The van der Waals surface area contributed by atoms with E-state index in [9.17, 15) is 14.4 Å². The second kappa shape index (κ2) is 10.7. The van der Waals surface area contributed by atoms with Crippen LogP contribution in [-0.4, -0.2) is 50.8 Å². The minimum atomic E-state index is -1.13. The Balaban J connectivity index is 1.49. The molecule has 0 aliphatic heterocycles. The van der Waals surface area contributed by atoms with Crippen LogP contribution in [0.3, 0.4) is 0 Å². The number of esters is 2. The molecule has 0 saturated heterocycles. The number of rotatable bonds is 8. The highest BCUT2D eigenvalue weighted by atomic mass is 32.1. The third-order valence-corrected chi connectivity index (χ3v) is 5.97. The maximum Gasteiger partial charge on any atom is 0.341 e. The summed E-state index contributed by atoms with van der Waals surface area (Å²) in [6.07, 6.45) is 0.267. The van der Waals surface area contributed by atoms with Crippen LogP contribution in [0.15, 0.2) is 67.0 Å². The molecule has 0 fully saturated rings. The summed E-state index contributed by atoms with van der Waals surface area (Å²) in [7, 11) is 0. The number of hydrogen-bond donors (Lipinski definition) is 1. The standard InChI is InChI=1S/C24H21N5O5S/c1-3-33-24(32)19-13-20(16-8-5-4-6-9-16)35-22(19)26-21(30)15(2)34-23(31)17-10-7-11-18(12-17)29-14-25-27-28-29/h4-15H,3H2,1-2H3,(H,26,30)/t15-/m1/s1. The Morgan fingerprint density at radius 3 is 2.57 bits per heavy atom. The summed E-state index contributed by atoms with van der Waals surface area (Å²) < 4.78 is 11.9. The van der Waals surface area contributed by atoms with Gasteiger partial charge in [0.1, 0.15) is 11.3 Å². The third-order valence-electron chi connectivity index (χ3n) is 4.87. The van der Waals surface area contributed by atoms with E-state index in [1.165, 1.54) is 29.3 Å². The predicted molar refractivity (Wildman–Crippen MR) is 128 cm³/mol. The Hall–Kier alpha value is -4.38. The zero-order valence-corrected chi connectivity index (χ0v) is 19.7. The van der Waals surface area contributed by atoms with Crippen LogP contribution >= 0.6 is 11.3 Å². The van der Waals surface area contributed by atoms with Gasteiger partial charge in [-0.2, -0.15) is 0 Å². The lowest BCUT2D eigenvalue weighted by atomic mass is 10.1. The highest BCUT2D eigenvalue weighted by molar-refractivity contribution is 7.20. The molecular formula is C24H21N5O5S. The fraction of sp³-hybridized carbons (Fsp3) is 0.167. The summed E-state index contributed by atoms with van der Waals surface area (Å²) in [6, 6.07) is 17.6. The molecule has 1 amide bonds. The minimum absolute atomic E-state index is 0.195. The molecule has 35 heavy (non-hydrogen) atoms. The van der Waals surface area contributed by atoms with Crippen LogP contribution in [0, 0.1) is 0 Å². The average molecular weight is 492 g/mol. The zero-order chi connectivity index (χ0) is 24.8. The van der Waals surface area contributed by atoms with Crippen LogP contribution in [0.2, 0.25) is 0 Å². The van der Waals surface area contributed by atoms with Gasteiger partial charge >= 0.3 is 11.9 Å². The lowest BCUT2D eigenvalue weighted by Gasteiger charge is -2.14. The number of nitrogens with one attached hydrogen (secondary N) is 1. The van der Waals surface area contributed by atoms with Gasteiger partial charge in [0, 0.05) is 4.88 Å². The molecule has 0 aliphatic carbocycles. The van der Waals surface area contributed by atoms with Crippen molar-refractivity contribution in [2.24, 2.45) is 0 Å². The largest absolute Gasteiger partial charge is 0.462 e. The van der Waals surface area contributed by atoms with Gasteiger partial charge in [-0.25, -0.2) is 14.3 Å². The topological polar surface area (TPSA) is 125 Å². The number of tetrazole rings is 1. The molecule has 4 aromatic rings. The summed E-state index contributed by atoms with van der Waals surface area (Å²) in [4.78, 5) is 38.8. The molecule has 11 heteroatoms. The van der Waals surface area contributed by atoms with Crippen molar-refractivity contribution in [1.29, 1.82) is 0 Å². The lowest BCUT2D eigenvalue weighted by Crippen LogP contribution is -2.30. The molecule has 0 bridgehead atoms. The monoisotopic (exact) mass is 491 g/mol. The molecule has 0 saturated carbocycles. The maximum atomic E-state index is 12.8. The van der Waals surface area contributed by atoms with E-state index in [1.54, 1.807) is 37.3 Å². The van der Waals surface area contributed by atoms with Crippen LogP contribution in [-0.2, 0) is 14.3 Å². The number of thiophene rings is 1. The number of carbonyl (C=O) groups excluding carboxylic acids is 3. The van der Waals surface area contributed by atoms with E-state index >= 15 is 0 Å². The van der Waals surface area contributed by atoms with E-state index in [-0.39, 0.29) is 17.7 Å². The fourth-order valence-electron chi connectivity index (χ4n) is 3.14. The molecule has 0 spiro atoms. The van der Waals surface area contributed by atoms with E-state index in [4.69, 9.17) is 9.47 Å². The fourth-order valence-corrected chi connectivity index (χ4v) is 4.19. The Labute approximate surface area is 204 Å². The number of aromatic nitrogens is 4. The first-order valence-corrected chi connectivity index (χ1v) is 11.5. The van der Waals surface area contributed by atoms with E-state index in [2.05, 4.69) is 20.8 Å². The van der Waals surface area contributed by atoms with Crippen LogP contribution in [0.1, 0.15) is 34.6 Å². The molecule has 0 unspecified atom stereocenters. The van der Waals surface area contributed by atoms with Gasteiger partial charge in [0.2, 0.25) is 0 Å². The molecule has 0 radical (unpaired) electrons. The molecule has 1 N–H and O–H groups in total. The van der Waals surface area contributed by atoms with Crippen molar-refractivity contribution in [3.8, 4) is 16.1 Å². The van der Waals surface area contributed by atoms with Crippen LogP contribution < -0.4 is 5.32 Å². The van der Waals surface area contributed by atoms with Crippen molar-refractivity contribution in [3.63, 3.8) is 0 Å². The molecule has 2 heterocycles. The van der Waals surface area contributed by atoms with Crippen LogP contribution in [0.4, 0.5) is 5.00 Å². The number of nitrogens with zero attached hydrogens (tertiary/aromatic N) is 4. The Morgan fingerprint density at radius 2 is 1.86 bits per heavy atom. The summed E-state index contributed by atoms with van der Waals surface area (Å²) in [5, 5.41) is 13.9. The van der Waals surface area contributed by atoms with Gasteiger partial charge in [-0.3, -0.25) is 4.79 Å². The number of amides is 1. The van der Waals surface area contributed by atoms with Gasteiger partial charge in [-0.1, -0.05) is 36.4 Å². The van der Waals surface area contributed by atoms with E-state index in [1.807, 2.05) is 30.3 Å². The average Bonchev–Trinajstić information content (AvgIpc) is 3.55. The van der Waals surface area contributed by atoms with Gasteiger partial charge in [-0.15, -0.1) is 16.4 Å². The first kappa shape index (κ1) is 23.8. The maximum absolute atomic E-state index is 12.8. The first-order chi connectivity index (χ1) is 17.0. The number of benzene rings is 2. The van der Waals surface area contributed by atoms with E-state index < -0.39 is 23.9 Å². The van der Waals surface area contributed by atoms with E-state index in [0.717, 1.165) is 10.4 Å². The van der Waals surface area contributed by atoms with Gasteiger partial charge in [-0.05, 0) is 54.1 Å². The number of hydrogen-bond acceptors (Lipinski definition) is 9. The van der Waals surface area contributed by atoms with Crippen molar-refractivity contribution < 1.29 is 23.9 Å². The molecule has 2 aromatic carbocycles. The Bertz CT molecular complexity index is 1340. The molecule has 0 aliphatic rings. The van der Waals surface area contributed by atoms with Crippen molar-refractivity contribution in [2.75, 3.05) is 11.9 Å². The second-order valence-corrected chi connectivity index (χ2v) is 8.33. The van der Waals surface area contributed by atoms with Gasteiger partial charge in [0.15, 0.2) is 6.10 Å². The molecule has 1 atom stereocenters. The van der Waals surface area contributed by atoms with Crippen molar-refractivity contribution in [1.82, 2.24) is 20.2 Å². The van der Waals surface area contributed by atoms with Gasteiger partial charge < -0.3 is 14.8 Å². The normalized spacial score (nSPS) is 11.5. The third kappa shape index (κ3) is 5.58. The molecular weight excluding hydrogens is 470 g/mol. The quantitative estimate of drug-likeness (QED) is 0.370. The number of ether oxygens (including phenoxy) is 2. The van der Waals surface area contributed by atoms with Crippen molar-refractivity contribution in [2.45, 2.75) is 20.0 Å². The second-order valence-electron chi connectivity index (χ2n) is 7.28. The summed E-state index contributed by atoms with van der Waals surface area (Å²) in [5.74, 6) is -1.82. The number of anilines is 1. The van der Waals surface area contributed by atoms with Gasteiger partial charge in [0.25, 0.3) is 5.91 Å². The van der Waals surface area contributed by atoms with Gasteiger partial charge in [0.05, 0.1) is 23.4 Å². The SMILES string of the molecule is CCOC(=O)c1cc(-c2ccccc2)sc1NC(=O)[C@@H](C)OC(=O)c1cccc(-n2cnnn2)c1. The van der Waals surface area contributed by atoms with Crippen molar-refractivity contribution in [3.05, 3.63) is 78.1 Å². The van der Waals surface area contributed by atoms with Crippen LogP contribution in [0.5, 0.6) is 0 Å². The minimum Gasteiger partial charge on any atom is -0.462 e. The summed E-state index contributed by atoms with van der Waals surface area (Å²) in [6.45, 7) is 3.35. The van der Waals surface area contributed by atoms with E-state index in [0.29, 0.717) is 10.7 Å². The first-order valence-electron chi connectivity index (χ1n) is 10.7.